The lowest BCUT2D eigenvalue weighted by Gasteiger charge is -2.14. The first-order chi connectivity index (χ1) is 16.9. The van der Waals surface area contributed by atoms with E-state index in [9.17, 15) is 4.79 Å². The monoisotopic (exact) mass is 480 g/mol. The fourth-order valence-electron chi connectivity index (χ4n) is 4.32. The third-order valence-electron chi connectivity index (χ3n) is 6.01. The normalized spacial score (nSPS) is 11.7. The smallest absolute Gasteiger partial charge is 0.329 e. The Morgan fingerprint density at radius 3 is 2.34 bits per heavy atom. The van der Waals surface area contributed by atoms with Gasteiger partial charge in [0.15, 0.2) is 5.58 Å². The lowest BCUT2D eigenvalue weighted by atomic mass is 10.1. The van der Waals surface area contributed by atoms with Crippen LogP contribution < -0.4 is 15.2 Å². The van der Waals surface area contributed by atoms with Gasteiger partial charge in [-0.05, 0) is 64.0 Å². The number of hydrogen-bond donors (Lipinski definition) is 0. The van der Waals surface area contributed by atoms with E-state index in [4.69, 9.17) is 14.0 Å². The molecule has 0 aliphatic heterocycles. The Hall–Kier alpha value is -3.26. The molecule has 0 N–H and O–H groups in total. The first kappa shape index (κ1) is 24.9. The number of rotatable bonds is 12. The summed E-state index contributed by atoms with van der Waals surface area (Å²) in [6.45, 7) is 9.33. The molecule has 0 saturated carbocycles. The summed E-state index contributed by atoms with van der Waals surface area (Å²) in [6.07, 6.45) is 2.71. The average Bonchev–Trinajstić information content (AvgIpc) is 3.31. The summed E-state index contributed by atoms with van der Waals surface area (Å²) in [6, 6.07) is 9.88. The van der Waals surface area contributed by atoms with Gasteiger partial charge in [-0.1, -0.05) is 19.0 Å². The molecule has 0 amide bonds. The quantitative estimate of drug-likeness (QED) is 0.270. The highest BCUT2D eigenvalue weighted by Gasteiger charge is 2.17. The van der Waals surface area contributed by atoms with E-state index in [0.717, 1.165) is 65.0 Å². The molecule has 2 aromatic carbocycles. The zero-order valence-electron chi connectivity index (χ0n) is 21.5. The summed E-state index contributed by atoms with van der Waals surface area (Å²) in [5.41, 5.74) is 4.16. The van der Waals surface area contributed by atoms with Crippen molar-refractivity contribution in [1.82, 2.24) is 19.2 Å². The minimum absolute atomic E-state index is 0.0338. The minimum Gasteiger partial charge on any atom is -0.493 e. The molecule has 0 aliphatic carbocycles. The predicted molar refractivity (Wildman–Crippen MR) is 139 cm³/mol. The van der Waals surface area contributed by atoms with Crippen LogP contribution in [0, 0.1) is 6.92 Å². The van der Waals surface area contributed by atoms with Crippen LogP contribution in [0.2, 0.25) is 0 Å². The molecule has 0 unspecified atom stereocenters. The van der Waals surface area contributed by atoms with E-state index in [-0.39, 0.29) is 5.69 Å². The lowest BCUT2D eigenvalue weighted by molar-refractivity contribution is 0.277. The van der Waals surface area contributed by atoms with Crippen LogP contribution in [-0.2, 0) is 13.1 Å². The van der Waals surface area contributed by atoms with Crippen molar-refractivity contribution in [3.05, 3.63) is 52.1 Å². The van der Waals surface area contributed by atoms with Gasteiger partial charge in [0.1, 0.15) is 11.5 Å². The summed E-state index contributed by atoms with van der Waals surface area (Å²) in [5.74, 6) is 1.52. The second-order valence-corrected chi connectivity index (χ2v) is 9.29. The largest absolute Gasteiger partial charge is 0.493 e. The van der Waals surface area contributed by atoms with E-state index in [1.807, 2.05) is 46.4 Å². The summed E-state index contributed by atoms with van der Waals surface area (Å²) in [5, 5.41) is 5.02. The Balaban J connectivity index is 1.72. The number of hydrogen-bond acceptors (Lipinski definition) is 6. The molecule has 2 aromatic heterocycles. The molecular formula is C27H36N4O4. The van der Waals surface area contributed by atoms with Crippen LogP contribution >= 0.6 is 0 Å². The van der Waals surface area contributed by atoms with Crippen molar-refractivity contribution in [3.8, 4) is 11.5 Å². The Bertz CT molecular complexity index is 1350. The number of ether oxygens (including phenoxy) is 2. The molecule has 0 fully saturated rings. The SMILES string of the molecule is CCCOc1cc(Cn2c(=O)n(CCC)c3cc4onc(C)c4cc32)cc(OCCCN(C)C)c1. The Labute approximate surface area is 206 Å². The maximum absolute atomic E-state index is 13.5. The Kier molecular flexibility index (Phi) is 7.80. The first-order valence-electron chi connectivity index (χ1n) is 12.4. The highest BCUT2D eigenvalue weighted by molar-refractivity contribution is 5.93. The fourth-order valence-corrected chi connectivity index (χ4v) is 4.32. The van der Waals surface area contributed by atoms with Crippen LogP contribution in [-0.4, -0.2) is 53.0 Å². The molecule has 0 radical (unpaired) electrons. The van der Waals surface area contributed by atoms with E-state index in [1.54, 1.807) is 0 Å². The zero-order chi connectivity index (χ0) is 24.9. The standard InChI is InChI=1S/C27H36N4O4/c1-6-9-30-25-17-26-23(19(3)28-35-26)16-24(25)31(27(30)32)18-20-13-21(33-11-7-2)15-22(14-20)34-12-8-10-29(4)5/h13-17H,6-12,18H2,1-5H3. The third-order valence-corrected chi connectivity index (χ3v) is 6.01. The van der Waals surface area contributed by atoms with Crippen LogP contribution in [0.15, 0.2) is 39.6 Å². The summed E-state index contributed by atoms with van der Waals surface area (Å²) in [7, 11) is 4.11. The van der Waals surface area contributed by atoms with Gasteiger partial charge in [-0.2, -0.15) is 0 Å². The van der Waals surface area contributed by atoms with Crippen LogP contribution in [0.25, 0.3) is 22.0 Å². The van der Waals surface area contributed by atoms with E-state index >= 15 is 0 Å². The number of fused-ring (bicyclic) bond motifs is 2. The fraction of sp³-hybridized carbons (Fsp3) is 0.481. The average molecular weight is 481 g/mol. The van der Waals surface area contributed by atoms with Crippen LogP contribution in [0.5, 0.6) is 11.5 Å². The van der Waals surface area contributed by atoms with Gasteiger partial charge in [0.2, 0.25) is 0 Å². The van der Waals surface area contributed by atoms with E-state index in [0.29, 0.717) is 31.9 Å². The highest BCUT2D eigenvalue weighted by atomic mass is 16.5. The van der Waals surface area contributed by atoms with Crippen molar-refractivity contribution in [2.75, 3.05) is 33.9 Å². The number of aromatic nitrogens is 3. The molecular weight excluding hydrogens is 444 g/mol. The number of aryl methyl sites for hydroxylation is 2. The predicted octanol–water partition coefficient (Wildman–Crippen LogP) is 4.83. The molecule has 8 nitrogen and oxygen atoms in total. The van der Waals surface area contributed by atoms with Crippen LogP contribution in [0.4, 0.5) is 0 Å². The van der Waals surface area contributed by atoms with E-state index in [2.05, 4.69) is 38.0 Å². The zero-order valence-corrected chi connectivity index (χ0v) is 21.5. The molecule has 2 heterocycles. The van der Waals surface area contributed by atoms with Crippen molar-refractivity contribution in [3.63, 3.8) is 0 Å². The molecule has 0 bridgehead atoms. The number of nitrogens with zero attached hydrogens (tertiary/aromatic N) is 4. The first-order valence-corrected chi connectivity index (χ1v) is 12.4. The maximum Gasteiger partial charge on any atom is 0.329 e. The molecule has 0 spiro atoms. The van der Waals surface area contributed by atoms with Crippen molar-refractivity contribution >= 4 is 22.0 Å². The molecule has 4 rings (SSSR count). The topological polar surface area (TPSA) is 74.7 Å². The molecule has 0 saturated heterocycles. The number of imidazole rings is 1. The molecule has 0 atom stereocenters. The van der Waals surface area contributed by atoms with Crippen molar-refractivity contribution in [1.29, 1.82) is 0 Å². The minimum atomic E-state index is -0.0338. The van der Waals surface area contributed by atoms with Gasteiger partial charge in [-0.3, -0.25) is 9.13 Å². The van der Waals surface area contributed by atoms with Gasteiger partial charge in [-0.15, -0.1) is 0 Å². The Morgan fingerprint density at radius 1 is 0.943 bits per heavy atom. The second kappa shape index (κ2) is 11.0. The molecule has 35 heavy (non-hydrogen) atoms. The van der Waals surface area contributed by atoms with E-state index < -0.39 is 0 Å². The van der Waals surface area contributed by atoms with Crippen molar-refractivity contribution < 1.29 is 14.0 Å². The van der Waals surface area contributed by atoms with E-state index in [1.165, 1.54) is 0 Å². The van der Waals surface area contributed by atoms with Crippen LogP contribution in [0.1, 0.15) is 44.4 Å². The van der Waals surface area contributed by atoms with Crippen LogP contribution in [0.3, 0.4) is 0 Å². The molecule has 0 aliphatic rings. The lowest BCUT2D eigenvalue weighted by Crippen LogP contribution is -2.24. The van der Waals surface area contributed by atoms with Gasteiger partial charge < -0.3 is 18.9 Å². The second-order valence-electron chi connectivity index (χ2n) is 9.29. The van der Waals surface area contributed by atoms with Gasteiger partial charge in [0, 0.05) is 30.6 Å². The molecule has 188 valence electrons. The summed E-state index contributed by atoms with van der Waals surface area (Å²) >= 11 is 0. The molecule has 8 heteroatoms. The van der Waals surface area contributed by atoms with Gasteiger partial charge in [0.25, 0.3) is 0 Å². The highest BCUT2D eigenvalue weighted by Crippen LogP contribution is 2.28. The van der Waals surface area contributed by atoms with Gasteiger partial charge in [-0.25, -0.2) is 4.79 Å². The summed E-state index contributed by atoms with van der Waals surface area (Å²) in [4.78, 5) is 15.6. The maximum atomic E-state index is 13.5. The Morgan fingerprint density at radius 2 is 1.66 bits per heavy atom. The van der Waals surface area contributed by atoms with Gasteiger partial charge in [0.05, 0.1) is 36.5 Å². The molecule has 4 aromatic rings. The summed E-state index contributed by atoms with van der Waals surface area (Å²) < 4.78 is 21.1. The van der Waals surface area contributed by atoms with Crippen molar-refractivity contribution in [2.24, 2.45) is 0 Å². The van der Waals surface area contributed by atoms with Gasteiger partial charge >= 0.3 is 5.69 Å². The number of benzene rings is 2. The third kappa shape index (κ3) is 5.53. The van der Waals surface area contributed by atoms with Crippen molar-refractivity contribution in [2.45, 2.75) is 53.1 Å².